The maximum Gasteiger partial charge on any atom is 0.329 e. The fourth-order valence-electron chi connectivity index (χ4n) is 1.28. The first-order valence-corrected chi connectivity index (χ1v) is 3.73. The van der Waals surface area contributed by atoms with E-state index in [4.69, 9.17) is 10.5 Å². The number of hydrogen-bond donors (Lipinski definition) is 1. The molecule has 0 aliphatic carbocycles. The number of anilines is 1. The van der Waals surface area contributed by atoms with Crippen molar-refractivity contribution in [2.75, 3.05) is 12.3 Å². The molecule has 0 radical (unpaired) electrons. The minimum atomic E-state index is -0.227. The lowest BCUT2D eigenvalue weighted by Gasteiger charge is -2.04. The predicted molar refractivity (Wildman–Crippen MR) is 41.3 cm³/mol. The summed E-state index contributed by atoms with van der Waals surface area (Å²) in [5.74, 6) is 0.224. The van der Waals surface area contributed by atoms with Crippen LogP contribution in [0.1, 0.15) is 12.5 Å². The Morgan fingerprint density at radius 1 is 1.75 bits per heavy atom. The molecule has 12 heavy (non-hydrogen) atoms. The molecule has 0 bridgehead atoms. The SMILES string of the molecule is Nc1cn(C2CCOC2=O)cn1. The molecule has 1 aromatic heterocycles. The van der Waals surface area contributed by atoms with Crippen LogP contribution >= 0.6 is 0 Å². The average Bonchev–Trinajstić information content (AvgIpc) is 2.58. The van der Waals surface area contributed by atoms with Crippen LogP contribution in [0.25, 0.3) is 0 Å². The zero-order valence-corrected chi connectivity index (χ0v) is 6.43. The van der Waals surface area contributed by atoms with Gasteiger partial charge in [-0.1, -0.05) is 0 Å². The van der Waals surface area contributed by atoms with Gasteiger partial charge >= 0.3 is 5.97 Å². The molecule has 5 nitrogen and oxygen atoms in total. The first-order chi connectivity index (χ1) is 5.77. The highest BCUT2D eigenvalue weighted by Gasteiger charge is 2.27. The van der Waals surface area contributed by atoms with Gasteiger partial charge in [0.1, 0.15) is 11.9 Å². The van der Waals surface area contributed by atoms with E-state index < -0.39 is 0 Å². The molecule has 1 aromatic rings. The smallest absolute Gasteiger partial charge is 0.329 e. The van der Waals surface area contributed by atoms with Crippen molar-refractivity contribution in [3.05, 3.63) is 12.5 Å². The normalized spacial score (nSPS) is 22.7. The molecule has 0 saturated carbocycles. The van der Waals surface area contributed by atoms with Gasteiger partial charge in [-0.3, -0.25) is 0 Å². The summed E-state index contributed by atoms with van der Waals surface area (Å²) in [6.07, 6.45) is 3.89. The molecule has 1 aliphatic heterocycles. The Morgan fingerprint density at radius 2 is 2.58 bits per heavy atom. The number of carbonyl (C=O) groups excluding carboxylic acids is 1. The van der Waals surface area contributed by atoms with Crippen LogP contribution in [0.5, 0.6) is 0 Å². The molecular weight excluding hydrogens is 158 g/mol. The number of imidazole rings is 1. The number of carbonyl (C=O) groups is 1. The average molecular weight is 167 g/mol. The summed E-state index contributed by atoms with van der Waals surface area (Å²) >= 11 is 0. The highest BCUT2D eigenvalue weighted by Crippen LogP contribution is 2.20. The summed E-state index contributed by atoms with van der Waals surface area (Å²) in [6.45, 7) is 0.488. The molecule has 1 unspecified atom stereocenters. The van der Waals surface area contributed by atoms with Crippen LogP contribution in [0, 0.1) is 0 Å². The van der Waals surface area contributed by atoms with Gasteiger partial charge in [-0.25, -0.2) is 9.78 Å². The minimum absolute atomic E-state index is 0.201. The highest BCUT2D eigenvalue weighted by atomic mass is 16.5. The van der Waals surface area contributed by atoms with Crippen LogP contribution in [0.2, 0.25) is 0 Å². The molecular formula is C7H9N3O2. The minimum Gasteiger partial charge on any atom is -0.464 e. The molecule has 64 valence electrons. The van der Waals surface area contributed by atoms with E-state index in [2.05, 4.69) is 4.98 Å². The Balaban J connectivity index is 2.24. The zero-order valence-electron chi connectivity index (χ0n) is 6.43. The van der Waals surface area contributed by atoms with Gasteiger partial charge in [0.05, 0.1) is 12.9 Å². The van der Waals surface area contributed by atoms with Crippen LogP contribution < -0.4 is 5.73 Å². The molecule has 0 amide bonds. The Hall–Kier alpha value is -1.52. The van der Waals surface area contributed by atoms with E-state index in [1.165, 1.54) is 0 Å². The lowest BCUT2D eigenvalue weighted by atomic mass is 10.2. The van der Waals surface area contributed by atoms with E-state index in [1.807, 2.05) is 0 Å². The van der Waals surface area contributed by atoms with Gasteiger partial charge in [0.25, 0.3) is 0 Å². The van der Waals surface area contributed by atoms with Crippen molar-refractivity contribution in [1.82, 2.24) is 9.55 Å². The molecule has 2 heterocycles. The zero-order chi connectivity index (χ0) is 8.55. The summed E-state index contributed by atoms with van der Waals surface area (Å²) in [7, 11) is 0. The second-order valence-electron chi connectivity index (χ2n) is 2.72. The number of ether oxygens (including phenoxy) is 1. The topological polar surface area (TPSA) is 70.1 Å². The van der Waals surface area contributed by atoms with Gasteiger partial charge in [-0.05, 0) is 0 Å². The van der Waals surface area contributed by atoms with Crippen molar-refractivity contribution in [1.29, 1.82) is 0 Å². The second-order valence-corrected chi connectivity index (χ2v) is 2.72. The van der Waals surface area contributed by atoms with Gasteiger partial charge in [0, 0.05) is 12.6 Å². The number of nitrogens with zero attached hydrogens (tertiary/aromatic N) is 2. The Morgan fingerprint density at radius 3 is 3.08 bits per heavy atom. The van der Waals surface area contributed by atoms with Crippen molar-refractivity contribution >= 4 is 11.8 Å². The fraction of sp³-hybridized carbons (Fsp3) is 0.429. The van der Waals surface area contributed by atoms with Crippen molar-refractivity contribution < 1.29 is 9.53 Å². The Labute approximate surface area is 69.1 Å². The van der Waals surface area contributed by atoms with E-state index in [0.29, 0.717) is 18.8 Å². The van der Waals surface area contributed by atoms with E-state index in [1.54, 1.807) is 17.1 Å². The lowest BCUT2D eigenvalue weighted by molar-refractivity contribution is -0.140. The van der Waals surface area contributed by atoms with E-state index in [-0.39, 0.29) is 12.0 Å². The van der Waals surface area contributed by atoms with Crippen LogP contribution in [0.4, 0.5) is 5.82 Å². The van der Waals surface area contributed by atoms with Crippen molar-refractivity contribution in [3.8, 4) is 0 Å². The third-order valence-electron chi connectivity index (χ3n) is 1.89. The van der Waals surface area contributed by atoms with Crippen LogP contribution in [0.15, 0.2) is 12.5 Å². The molecule has 1 fully saturated rings. The maximum atomic E-state index is 11.1. The molecule has 2 N–H and O–H groups in total. The molecule has 5 heteroatoms. The molecule has 0 spiro atoms. The standard InChI is InChI=1S/C7H9N3O2/c8-6-3-10(4-9-6)5-1-2-12-7(5)11/h3-5H,1-2,8H2. The predicted octanol–water partition coefficient (Wildman–Crippen LogP) is -0.0467. The number of cyclic esters (lactones) is 1. The third kappa shape index (κ3) is 1.03. The number of nitrogen functional groups attached to an aromatic ring is 1. The van der Waals surface area contributed by atoms with Crippen LogP contribution in [0.3, 0.4) is 0 Å². The summed E-state index contributed by atoms with van der Waals surface area (Å²) in [5.41, 5.74) is 5.41. The second kappa shape index (κ2) is 2.51. The van der Waals surface area contributed by atoms with Crippen LogP contribution in [-0.4, -0.2) is 22.1 Å². The van der Waals surface area contributed by atoms with Gasteiger partial charge in [0.15, 0.2) is 0 Å². The third-order valence-corrected chi connectivity index (χ3v) is 1.89. The largest absolute Gasteiger partial charge is 0.464 e. The first kappa shape index (κ1) is 7.15. The van der Waals surface area contributed by atoms with E-state index in [0.717, 1.165) is 0 Å². The first-order valence-electron chi connectivity index (χ1n) is 3.73. The molecule has 1 atom stereocenters. The Bertz CT molecular complexity index is 307. The maximum absolute atomic E-state index is 11.1. The summed E-state index contributed by atoms with van der Waals surface area (Å²) in [6, 6.07) is -0.227. The number of aromatic nitrogens is 2. The van der Waals surface area contributed by atoms with Crippen molar-refractivity contribution in [3.63, 3.8) is 0 Å². The summed E-state index contributed by atoms with van der Waals surface area (Å²) < 4.78 is 6.49. The number of hydrogen-bond acceptors (Lipinski definition) is 4. The Kier molecular flexibility index (Phi) is 1.49. The van der Waals surface area contributed by atoms with Gasteiger partial charge in [-0.15, -0.1) is 0 Å². The quantitative estimate of drug-likeness (QED) is 0.595. The molecule has 2 rings (SSSR count). The lowest BCUT2D eigenvalue weighted by Crippen LogP contribution is -2.12. The molecule has 1 saturated heterocycles. The van der Waals surface area contributed by atoms with Gasteiger partial charge in [0.2, 0.25) is 0 Å². The van der Waals surface area contributed by atoms with E-state index >= 15 is 0 Å². The van der Waals surface area contributed by atoms with E-state index in [9.17, 15) is 4.79 Å². The number of rotatable bonds is 1. The molecule has 1 aliphatic rings. The molecule has 0 aromatic carbocycles. The fourth-order valence-corrected chi connectivity index (χ4v) is 1.28. The monoisotopic (exact) mass is 167 g/mol. The summed E-state index contributed by atoms with van der Waals surface area (Å²) in [5, 5.41) is 0. The van der Waals surface area contributed by atoms with Crippen molar-refractivity contribution in [2.45, 2.75) is 12.5 Å². The van der Waals surface area contributed by atoms with Gasteiger partial charge in [-0.2, -0.15) is 0 Å². The summed E-state index contributed by atoms with van der Waals surface area (Å²) in [4.78, 5) is 14.9. The number of nitrogens with two attached hydrogens (primary N) is 1. The van der Waals surface area contributed by atoms with Crippen molar-refractivity contribution in [2.24, 2.45) is 0 Å². The number of esters is 1. The van der Waals surface area contributed by atoms with Gasteiger partial charge < -0.3 is 15.0 Å². The highest BCUT2D eigenvalue weighted by molar-refractivity contribution is 5.76. The van der Waals surface area contributed by atoms with Crippen LogP contribution in [-0.2, 0) is 9.53 Å².